The first-order valence-electron chi connectivity index (χ1n) is 10.8. The van der Waals surface area contributed by atoms with Crippen LogP contribution in [-0.2, 0) is 15.4 Å². The van der Waals surface area contributed by atoms with Gasteiger partial charge in [0.15, 0.2) is 9.84 Å². The van der Waals surface area contributed by atoms with Gasteiger partial charge in [0, 0.05) is 11.8 Å². The van der Waals surface area contributed by atoms with Gasteiger partial charge in [-0.05, 0) is 61.4 Å². The van der Waals surface area contributed by atoms with Gasteiger partial charge < -0.3 is 5.11 Å². The maximum Gasteiger partial charge on any atom is 0.178 e. The summed E-state index contributed by atoms with van der Waals surface area (Å²) in [6, 6.07) is 16.4. The van der Waals surface area contributed by atoms with Crippen LogP contribution in [0.15, 0.2) is 71.8 Å². The lowest BCUT2D eigenvalue weighted by Gasteiger charge is -2.13. The maximum atomic E-state index is 14.2. The fourth-order valence-corrected chi connectivity index (χ4v) is 5.05. The molecule has 182 valence electrons. The zero-order chi connectivity index (χ0) is 25.5. The molecule has 5 nitrogen and oxygen atoms in total. The van der Waals surface area contributed by atoms with Gasteiger partial charge in [-0.2, -0.15) is 0 Å². The summed E-state index contributed by atoms with van der Waals surface area (Å²) >= 11 is 12.9. The zero-order valence-electron chi connectivity index (χ0n) is 19.3. The molecule has 0 aliphatic heterocycles. The molecule has 0 aliphatic carbocycles. The minimum Gasteiger partial charge on any atom is -0.384 e. The van der Waals surface area contributed by atoms with Crippen molar-refractivity contribution in [2.24, 2.45) is 0 Å². The number of nitrogens with zero attached hydrogens (tertiary/aromatic N) is 2. The van der Waals surface area contributed by atoms with Crippen molar-refractivity contribution >= 4 is 33.0 Å². The van der Waals surface area contributed by atoms with Crippen LogP contribution in [0.2, 0.25) is 10.0 Å². The maximum absolute atomic E-state index is 14.2. The van der Waals surface area contributed by atoms with E-state index in [9.17, 15) is 17.9 Å². The molecule has 35 heavy (non-hydrogen) atoms. The third-order valence-electron chi connectivity index (χ3n) is 5.64. The molecule has 0 spiro atoms. The molecule has 1 N–H and O–H groups in total. The lowest BCUT2D eigenvalue weighted by atomic mass is 10.1. The Morgan fingerprint density at radius 1 is 1.03 bits per heavy atom. The number of hydrogen-bond acceptors (Lipinski definition) is 4. The molecular weight excluding hydrogens is 510 g/mol. The van der Waals surface area contributed by atoms with E-state index >= 15 is 0 Å². The van der Waals surface area contributed by atoms with Gasteiger partial charge in [0.2, 0.25) is 0 Å². The Hall–Kier alpha value is -2.71. The molecular formula is C26H23Cl2FN2O3S. The summed E-state index contributed by atoms with van der Waals surface area (Å²) in [5.74, 6) is -0.268. The van der Waals surface area contributed by atoms with E-state index < -0.39 is 21.3 Å². The number of halogens is 3. The molecule has 0 aliphatic rings. The van der Waals surface area contributed by atoms with E-state index in [2.05, 4.69) is 4.98 Å². The van der Waals surface area contributed by atoms with Gasteiger partial charge in [-0.25, -0.2) is 17.8 Å². The molecule has 4 aromatic rings. The van der Waals surface area contributed by atoms with Crippen LogP contribution < -0.4 is 0 Å². The van der Waals surface area contributed by atoms with Crippen LogP contribution in [0.3, 0.4) is 0 Å². The quantitative estimate of drug-likeness (QED) is 0.300. The Labute approximate surface area is 213 Å². The molecule has 0 saturated heterocycles. The predicted octanol–water partition coefficient (Wildman–Crippen LogP) is 6.67. The summed E-state index contributed by atoms with van der Waals surface area (Å²) in [6.45, 7) is 4.79. The Morgan fingerprint density at radius 2 is 1.71 bits per heavy atom. The Kier molecular flexibility index (Phi) is 6.81. The van der Waals surface area contributed by atoms with Gasteiger partial charge in [-0.15, -0.1) is 0 Å². The van der Waals surface area contributed by atoms with E-state index in [1.54, 1.807) is 74.0 Å². The first-order chi connectivity index (χ1) is 16.4. The minimum absolute atomic E-state index is 0.00569. The standard InChI is InChI=1S/C26H23Cl2FN2O3S/c1-4-35(33,34)18-8-5-7-16(13-18)17-11-12-22(20(27)14-17)31-15-23(26(2,3)32)30-25(31)19-9-6-10-21(29)24(19)28/h5-15,32H,4H2,1-3H3. The number of aromatic nitrogens is 2. The van der Waals surface area contributed by atoms with Crippen molar-refractivity contribution in [3.8, 4) is 28.2 Å². The Bertz CT molecular complexity index is 1530. The molecule has 1 aromatic heterocycles. The van der Waals surface area contributed by atoms with E-state index in [0.717, 1.165) is 5.56 Å². The second-order valence-electron chi connectivity index (χ2n) is 8.58. The van der Waals surface area contributed by atoms with Crippen molar-refractivity contribution < 1.29 is 17.9 Å². The molecule has 0 amide bonds. The van der Waals surface area contributed by atoms with Crippen LogP contribution in [0, 0.1) is 5.82 Å². The number of benzene rings is 3. The highest BCUT2D eigenvalue weighted by Gasteiger charge is 2.25. The number of hydrogen-bond donors (Lipinski definition) is 1. The fraction of sp³-hybridized carbons (Fsp3) is 0.192. The third-order valence-corrected chi connectivity index (χ3v) is 8.06. The molecule has 0 unspecified atom stereocenters. The molecule has 0 atom stereocenters. The highest BCUT2D eigenvalue weighted by molar-refractivity contribution is 7.91. The second kappa shape index (κ2) is 9.39. The van der Waals surface area contributed by atoms with Crippen LogP contribution in [0.4, 0.5) is 4.39 Å². The topological polar surface area (TPSA) is 72.2 Å². The van der Waals surface area contributed by atoms with Gasteiger partial charge in [0.1, 0.15) is 17.2 Å². The number of aliphatic hydroxyl groups is 1. The normalized spacial score (nSPS) is 12.2. The number of sulfone groups is 1. The molecule has 0 saturated carbocycles. The van der Waals surface area contributed by atoms with Crippen LogP contribution >= 0.6 is 23.2 Å². The van der Waals surface area contributed by atoms with E-state index in [1.807, 2.05) is 6.07 Å². The van der Waals surface area contributed by atoms with Gasteiger partial charge in [0.05, 0.1) is 32.1 Å². The second-order valence-corrected chi connectivity index (χ2v) is 11.6. The Morgan fingerprint density at radius 3 is 2.37 bits per heavy atom. The fourth-order valence-electron chi connectivity index (χ4n) is 3.64. The lowest BCUT2D eigenvalue weighted by Crippen LogP contribution is -2.15. The Balaban J connectivity index is 1.86. The third kappa shape index (κ3) is 5.00. The summed E-state index contributed by atoms with van der Waals surface area (Å²) in [5, 5.41) is 10.8. The van der Waals surface area contributed by atoms with Crippen molar-refractivity contribution in [1.82, 2.24) is 9.55 Å². The lowest BCUT2D eigenvalue weighted by molar-refractivity contribution is 0.0743. The van der Waals surface area contributed by atoms with Crippen molar-refractivity contribution in [3.05, 3.63) is 88.4 Å². The molecule has 0 bridgehead atoms. The molecule has 0 radical (unpaired) electrons. The van der Waals surface area contributed by atoms with E-state index in [4.69, 9.17) is 23.2 Å². The van der Waals surface area contributed by atoms with Crippen LogP contribution in [0.25, 0.3) is 28.2 Å². The summed E-state index contributed by atoms with van der Waals surface area (Å²) in [7, 11) is -3.36. The van der Waals surface area contributed by atoms with E-state index in [1.165, 1.54) is 12.1 Å². The van der Waals surface area contributed by atoms with Crippen molar-refractivity contribution in [2.45, 2.75) is 31.3 Å². The number of rotatable bonds is 6. The average molecular weight is 533 g/mol. The monoisotopic (exact) mass is 532 g/mol. The highest BCUT2D eigenvalue weighted by Crippen LogP contribution is 2.36. The van der Waals surface area contributed by atoms with Crippen molar-refractivity contribution in [3.63, 3.8) is 0 Å². The first-order valence-corrected chi connectivity index (χ1v) is 13.2. The molecule has 1 heterocycles. The largest absolute Gasteiger partial charge is 0.384 e. The van der Waals surface area contributed by atoms with Gasteiger partial charge in [0.25, 0.3) is 0 Å². The minimum atomic E-state index is -3.36. The zero-order valence-corrected chi connectivity index (χ0v) is 21.6. The highest BCUT2D eigenvalue weighted by atomic mass is 35.5. The summed E-state index contributed by atoms with van der Waals surface area (Å²) in [4.78, 5) is 4.78. The van der Waals surface area contributed by atoms with Crippen molar-refractivity contribution in [1.29, 1.82) is 0 Å². The van der Waals surface area contributed by atoms with E-state index in [0.29, 0.717) is 33.4 Å². The molecule has 0 fully saturated rings. The number of imidazole rings is 1. The first kappa shape index (κ1) is 25.4. The van der Waals surface area contributed by atoms with Gasteiger partial charge >= 0.3 is 0 Å². The smallest absolute Gasteiger partial charge is 0.178 e. The summed E-state index contributed by atoms with van der Waals surface area (Å²) in [5.41, 5.74) is 1.39. The van der Waals surface area contributed by atoms with Crippen LogP contribution in [-0.4, -0.2) is 28.8 Å². The van der Waals surface area contributed by atoms with Gasteiger partial charge in [-0.3, -0.25) is 4.57 Å². The van der Waals surface area contributed by atoms with E-state index in [-0.39, 0.29) is 15.7 Å². The van der Waals surface area contributed by atoms with Crippen LogP contribution in [0.1, 0.15) is 26.5 Å². The summed E-state index contributed by atoms with van der Waals surface area (Å²) < 4.78 is 40.5. The summed E-state index contributed by atoms with van der Waals surface area (Å²) in [6.07, 6.45) is 1.63. The molecule has 3 aromatic carbocycles. The average Bonchev–Trinajstić information content (AvgIpc) is 3.26. The SMILES string of the molecule is CCS(=O)(=O)c1cccc(-c2ccc(-n3cc(C(C)(C)O)nc3-c3cccc(F)c3Cl)c(Cl)c2)c1. The molecule has 9 heteroatoms. The van der Waals surface area contributed by atoms with Crippen molar-refractivity contribution in [2.75, 3.05) is 5.75 Å². The molecule has 4 rings (SSSR count). The van der Waals surface area contributed by atoms with Gasteiger partial charge in [-0.1, -0.05) is 54.4 Å². The van der Waals surface area contributed by atoms with Crippen LogP contribution in [0.5, 0.6) is 0 Å². The predicted molar refractivity (Wildman–Crippen MR) is 137 cm³/mol.